The van der Waals surface area contributed by atoms with Crippen LogP contribution in [0.1, 0.15) is 23.2 Å². The number of phenols is 1. The number of benzene rings is 1. The monoisotopic (exact) mass is 269 g/mol. The van der Waals surface area contributed by atoms with E-state index in [1.165, 1.54) is 12.1 Å². The number of para-hydroxylation sites is 1. The van der Waals surface area contributed by atoms with Gasteiger partial charge in [-0.25, -0.2) is 8.42 Å². The SMILES string of the molecule is O=C(NC1CCS(=O)(=O)CC1)c1ccccc1O. The second-order valence-electron chi connectivity index (χ2n) is 4.42. The van der Waals surface area contributed by atoms with Crippen LogP contribution in [-0.4, -0.2) is 37.0 Å². The van der Waals surface area contributed by atoms with Crippen LogP contribution >= 0.6 is 0 Å². The third-order valence-corrected chi connectivity index (χ3v) is 4.75. The molecule has 18 heavy (non-hydrogen) atoms. The Balaban J connectivity index is 1.99. The molecule has 0 atom stereocenters. The van der Waals surface area contributed by atoms with Crippen molar-refractivity contribution in [2.24, 2.45) is 0 Å². The standard InChI is InChI=1S/C12H15NO4S/c14-11-4-2-1-3-10(11)12(15)13-9-5-7-18(16,17)8-6-9/h1-4,9,14H,5-8H2,(H,13,15). The second kappa shape index (κ2) is 4.97. The van der Waals surface area contributed by atoms with Gasteiger partial charge in [-0.05, 0) is 25.0 Å². The maximum absolute atomic E-state index is 11.9. The summed E-state index contributed by atoms with van der Waals surface area (Å²) in [5.74, 6) is -0.215. The highest BCUT2D eigenvalue weighted by atomic mass is 32.2. The highest BCUT2D eigenvalue weighted by molar-refractivity contribution is 7.91. The van der Waals surface area contributed by atoms with Gasteiger partial charge in [-0.2, -0.15) is 0 Å². The van der Waals surface area contributed by atoms with E-state index in [-0.39, 0.29) is 34.8 Å². The molecular weight excluding hydrogens is 254 g/mol. The van der Waals surface area contributed by atoms with Gasteiger partial charge < -0.3 is 10.4 Å². The van der Waals surface area contributed by atoms with Gasteiger partial charge in [0.25, 0.3) is 5.91 Å². The Morgan fingerprint density at radius 1 is 1.22 bits per heavy atom. The lowest BCUT2D eigenvalue weighted by atomic mass is 10.1. The number of hydrogen-bond acceptors (Lipinski definition) is 4. The Labute approximate surface area is 106 Å². The number of phenolic OH excluding ortho intramolecular Hbond substituents is 1. The van der Waals surface area contributed by atoms with Gasteiger partial charge in [0.2, 0.25) is 0 Å². The summed E-state index contributed by atoms with van der Waals surface area (Å²) in [6, 6.07) is 6.14. The van der Waals surface area contributed by atoms with Crippen molar-refractivity contribution in [1.82, 2.24) is 5.32 Å². The Morgan fingerprint density at radius 2 is 1.83 bits per heavy atom. The first-order valence-electron chi connectivity index (χ1n) is 5.77. The van der Waals surface area contributed by atoms with Gasteiger partial charge >= 0.3 is 0 Å². The maximum Gasteiger partial charge on any atom is 0.255 e. The van der Waals surface area contributed by atoms with E-state index in [9.17, 15) is 18.3 Å². The van der Waals surface area contributed by atoms with Crippen molar-refractivity contribution >= 4 is 15.7 Å². The van der Waals surface area contributed by atoms with Gasteiger partial charge in [-0.1, -0.05) is 12.1 Å². The first-order valence-corrected chi connectivity index (χ1v) is 7.59. The molecule has 0 aromatic heterocycles. The molecule has 5 nitrogen and oxygen atoms in total. The molecular formula is C12H15NO4S. The molecule has 1 amide bonds. The van der Waals surface area contributed by atoms with E-state index in [1.807, 2.05) is 0 Å². The summed E-state index contributed by atoms with van der Waals surface area (Å²) in [4.78, 5) is 11.9. The van der Waals surface area contributed by atoms with Crippen LogP contribution in [0, 0.1) is 0 Å². The summed E-state index contributed by atoms with van der Waals surface area (Å²) in [5, 5.41) is 12.3. The predicted molar refractivity (Wildman–Crippen MR) is 67.2 cm³/mol. The molecule has 0 spiro atoms. The van der Waals surface area contributed by atoms with Crippen molar-refractivity contribution in [3.63, 3.8) is 0 Å². The fourth-order valence-corrected chi connectivity index (χ4v) is 3.45. The third kappa shape index (κ3) is 3.01. The number of nitrogens with one attached hydrogen (secondary N) is 1. The van der Waals surface area contributed by atoms with Gasteiger partial charge in [0.15, 0.2) is 0 Å². The van der Waals surface area contributed by atoms with Crippen LogP contribution in [0.3, 0.4) is 0 Å². The topological polar surface area (TPSA) is 83.5 Å². The lowest BCUT2D eigenvalue weighted by Gasteiger charge is -2.23. The summed E-state index contributed by atoms with van der Waals surface area (Å²) in [7, 11) is -2.92. The molecule has 98 valence electrons. The van der Waals surface area contributed by atoms with Crippen LogP contribution in [0.5, 0.6) is 5.75 Å². The first kappa shape index (κ1) is 12.9. The van der Waals surface area contributed by atoms with E-state index in [4.69, 9.17) is 0 Å². The van der Waals surface area contributed by atoms with Crippen molar-refractivity contribution in [3.05, 3.63) is 29.8 Å². The minimum absolute atomic E-state index is 0.0709. The Hall–Kier alpha value is -1.56. The molecule has 0 saturated carbocycles. The number of hydrogen-bond donors (Lipinski definition) is 2. The predicted octanol–water partition coefficient (Wildman–Crippen LogP) is 0.699. The summed E-state index contributed by atoms with van der Waals surface area (Å²) >= 11 is 0. The number of aromatic hydroxyl groups is 1. The molecule has 6 heteroatoms. The second-order valence-corrected chi connectivity index (χ2v) is 6.72. The molecule has 2 rings (SSSR count). The van der Waals surface area contributed by atoms with Crippen LogP contribution in [0.25, 0.3) is 0 Å². The average Bonchev–Trinajstić information content (AvgIpc) is 2.32. The van der Waals surface area contributed by atoms with E-state index >= 15 is 0 Å². The van der Waals surface area contributed by atoms with Gasteiger partial charge in [0, 0.05) is 6.04 Å². The zero-order chi connectivity index (χ0) is 13.2. The number of carbonyl (C=O) groups excluding carboxylic acids is 1. The lowest BCUT2D eigenvalue weighted by molar-refractivity contribution is 0.0931. The van der Waals surface area contributed by atoms with Crippen LogP contribution in [0.2, 0.25) is 0 Å². The van der Waals surface area contributed by atoms with Crippen LogP contribution in [0.15, 0.2) is 24.3 Å². The molecule has 1 aliphatic heterocycles. The van der Waals surface area contributed by atoms with E-state index in [2.05, 4.69) is 5.32 Å². The largest absolute Gasteiger partial charge is 0.507 e. The molecule has 0 radical (unpaired) electrons. The Morgan fingerprint density at radius 3 is 2.44 bits per heavy atom. The van der Waals surface area contributed by atoms with E-state index in [1.54, 1.807) is 12.1 Å². The minimum Gasteiger partial charge on any atom is -0.507 e. The van der Waals surface area contributed by atoms with Gasteiger partial charge in [-0.15, -0.1) is 0 Å². The minimum atomic E-state index is -2.92. The molecule has 1 fully saturated rings. The molecule has 1 saturated heterocycles. The summed E-state index contributed by atoms with van der Waals surface area (Å²) in [6.45, 7) is 0. The number of rotatable bonds is 2. The molecule has 1 aromatic rings. The average molecular weight is 269 g/mol. The molecule has 1 aliphatic rings. The number of carbonyl (C=O) groups is 1. The van der Waals surface area contributed by atoms with Crippen molar-refractivity contribution in [2.45, 2.75) is 18.9 Å². The van der Waals surface area contributed by atoms with Crippen LogP contribution in [-0.2, 0) is 9.84 Å². The molecule has 0 bridgehead atoms. The van der Waals surface area contributed by atoms with E-state index in [0.717, 1.165) is 0 Å². The lowest BCUT2D eigenvalue weighted by Crippen LogP contribution is -2.40. The van der Waals surface area contributed by atoms with Crippen LogP contribution < -0.4 is 5.32 Å². The van der Waals surface area contributed by atoms with Gasteiger partial charge in [-0.3, -0.25) is 4.79 Å². The normalized spacial score (nSPS) is 19.3. The van der Waals surface area contributed by atoms with Gasteiger partial charge in [0.05, 0.1) is 17.1 Å². The highest BCUT2D eigenvalue weighted by Gasteiger charge is 2.25. The Bertz CT molecular complexity index is 539. The molecule has 2 N–H and O–H groups in total. The van der Waals surface area contributed by atoms with E-state index in [0.29, 0.717) is 12.8 Å². The smallest absolute Gasteiger partial charge is 0.255 e. The van der Waals surface area contributed by atoms with Crippen molar-refractivity contribution < 1.29 is 18.3 Å². The zero-order valence-corrected chi connectivity index (χ0v) is 10.6. The quantitative estimate of drug-likeness (QED) is 0.827. The number of sulfone groups is 1. The molecule has 0 aliphatic carbocycles. The highest BCUT2D eigenvalue weighted by Crippen LogP contribution is 2.17. The van der Waals surface area contributed by atoms with Crippen molar-refractivity contribution in [2.75, 3.05) is 11.5 Å². The third-order valence-electron chi connectivity index (χ3n) is 3.04. The summed E-state index contributed by atoms with van der Waals surface area (Å²) < 4.78 is 22.5. The number of amides is 1. The van der Waals surface area contributed by atoms with E-state index < -0.39 is 9.84 Å². The maximum atomic E-state index is 11.9. The summed E-state index contributed by atoms with van der Waals surface area (Å²) in [6.07, 6.45) is 0.864. The Kier molecular flexibility index (Phi) is 3.56. The zero-order valence-electron chi connectivity index (χ0n) is 9.80. The van der Waals surface area contributed by atoms with Crippen LogP contribution in [0.4, 0.5) is 0 Å². The first-order chi connectivity index (χ1) is 8.48. The molecule has 0 unspecified atom stereocenters. The van der Waals surface area contributed by atoms with Crippen molar-refractivity contribution in [3.8, 4) is 5.75 Å². The molecule has 1 heterocycles. The fraction of sp³-hybridized carbons (Fsp3) is 0.417. The fourth-order valence-electron chi connectivity index (χ4n) is 1.96. The summed E-state index contributed by atoms with van der Waals surface area (Å²) in [5.41, 5.74) is 0.214. The van der Waals surface area contributed by atoms with Gasteiger partial charge in [0.1, 0.15) is 15.6 Å². The van der Waals surface area contributed by atoms with Crippen molar-refractivity contribution in [1.29, 1.82) is 0 Å². The molecule has 1 aromatic carbocycles.